The van der Waals surface area contributed by atoms with E-state index < -0.39 is 0 Å². The Morgan fingerprint density at radius 3 is 3.05 bits per heavy atom. The van der Waals surface area contributed by atoms with E-state index >= 15 is 0 Å². The number of rotatable bonds is 4. The van der Waals surface area contributed by atoms with Gasteiger partial charge in [0.05, 0.1) is 19.0 Å². The molecule has 21 heavy (non-hydrogen) atoms. The van der Waals surface area contributed by atoms with Crippen molar-refractivity contribution in [1.29, 1.82) is 0 Å². The lowest BCUT2D eigenvalue weighted by atomic mass is 10.2. The molecule has 0 spiro atoms. The van der Waals surface area contributed by atoms with E-state index in [0.717, 1.165) is 0 Å². The van der Waals surface area contributed by atoms with Gasteiger partial charge in [0, 0.05) is 11.8 Å². The molecule has 1 heterocycles. The first kappa shape index (κ1) is 14.6. The number of aliphatic hydroxyl groups excluding tert-OH is 1. The van der Waals surface area contributed by atoms with Crippen LogP contribution in [0.3, 0.4) is 0 Å². The minimum atomic E-state index is -0.258. The van der Waals surface area contributed by atoms with Gasteiger partial charge in [0.1, 0.15) is 18.9 Å². The zero-order valence-electron chi connectivity index (χ0n) is 11.4. The summed E-state index contributed by atoms with van der Waals surface area (Å²) in [6, 6.07) is 5.13. The molecule has 0 fully saturated rings. The molecule has 0 saturated heterocycles. The number of anilines is 1. The fourth-order valence-electron chi connectivity index (χ4n) is 1.68. The normalized spacial score (nSPS) is 9.62. The van der Waals surface area contributed by atoms with Crippen LogP contribution in [0.1, 0.15) is 5.56 Å². The second-order valence-corrected chi connectivity index (χ2v) is 4.02. The molecular weight excluding hydrogens is 272 g/mol. The molecule has 2 aromatic rings. The van der Waals surface area contributed by atoms with Crippen LogP contribution in [0.2, 0.25) is 0 Å². The maximum Gasteiger partial charge on any atom is 0.246 e. The van der Waals surface area contributed by atoms with Crippen molar-refractivity contribution in [2.24, 2.45) is 0 Å². The van der Waals surface area contributed by atoms with Crippen LogP contribution in [0, 0.1) is 11.8 Å². The van der Waals surface area contributed by atoms with Crippen LogP contribution in [0.5, 0.6) is 5.75 Å². The standard InChI is InChI=1S/C14H14N4O3/c1-21-13-5-4-11(3-2-8-19)9-12(13)16-14(20)10-18-7-6-15-17-18/h4-7,9,19H,8,10H2,1H3,(H,16,20). The van der Waals surface area contributed by atoms with Gasteiger partial charge in [-0.3, -0.25) is 4.79 Å². The monoisotopic (exact) mass is 286 g/mol. The third kappa shape index (κ3) is 4.06. The molecule has 0 aliphatic carbocycles. The molecular formula is C14H14N4O3. The van der Waals surface area contributed by atoms with E-state index in [-0.39, 0.29) is 19.1 Å². The van der Waals surface area contributed by atoms with Crippen LogP contribution in [0.25, 0.3) is 0 Å². The predicted octanol–water partition coefficient (Wildman–Crippen LogP) is 0.269. The first-order chi connectivity index (χ1) is 10.2. The number of benzene rings is 1. The van der Waals surface area contributed by atoms with Crippen molar-refractivity contribution in [3.05, 3.63) is 36.2 Å². The van der Waals surface area contributed by atoms with Crippen molar-refractivity contribution in [2.75, 3.05) is 19.0 Å². The molecule has 108 valence electrons. The maximum atomic E-state index is 11.9. The van der Waals surface area contributed by atoms with E-state index in [1.54, 1.807) is 24.4 Å². The number of aliphatic hydroxyl groups is 1. The van der Waals surface area contributed by atoms with Gasteiger partial charge < -0.3 is 15.2 Å². The van der Waals surface area contributed by atoms with Gasteiger partial charge in [-0.15, -0.1) is 5.10 Å². The van der Waals surface area contributed by atoms with Gasteiger partial charge in [0.2, 0.25) is 5.91 Å². The number of ether oxygens (including phenoxy) is 1. The second kappa shape index (κ2) is 7.07. The Kier molecular flexibility index (Phi) is 4.90. The minimum Gasteiger partial charge on any atom is -0.495 e. The molecule has 7 heteroatoms. The van der Waals surface area contributed by atoms with Crippen molar-refractivity contribution in [2.45, 2.75) is 6.54 Å². The highest BCUT2D eigenvalue weighted by atomic mass is 16.5. The molecule has 0 aliphatic heterocycles. The molecule has 1 aromatic carbocycles. The predicted molar refractivity (Wildman–Crippen MR) is 75.6 cm³/mol. The Hall–Kier alpha value is -2.85. The topological polar surface area (TPSA) is 89.3 Å². The van der Waals surface area contributed by atoms with E-state index in [2.05, 4.69) is 27.5 Å². The Bertz CT molecular complexity index is 671. The van der Waals surface area contributed by atoms with E-state index in [1.165, 1.54) is 18.0 Å². The number of carbonyl (C=O) groups is 1. The summed E-state index contributed by atoms with van der Waals surface area (Å²) in [7, 11) is 1.52. The van der Waals surface area contributed by atoms with Crippen molar-refractivity contribution in [3.63, 3.8) is 0 Å². The van der Waals surface area contributed by atoms with Gasteiger partial charge in [-0.2, -0.15) is 0 Å². The minimum absolute atomic E-state index is 0.0513. The van der Waals surface area contributed by atoms with Gasteiger partial charge in [-0.25, -0.2) is 4.68 Å². The molecule has 7 nitrogen and oxygen atoms in total. The Labute approximate surface area is 121 Å². The Balaban J connectivity index is 2.14. The van der Waals surface area contributed by atoms with Crippen LogP contribution in [-0.2, 0) is 11.3 Å². The van der Waals surface area contributed by atoms with Crippen LogP contribution in [0.15, 0.2) is 30.6 Å². The number of hydrogen-bond acceptors (Lipinski definition) is 5. The second-order valence-electron chi connectivity index (χ2n) is 4.02. The summed E-state index contributed by atoms with van der Waals surface area (Å²) in [6.07, 6.45) is 3.10. The van der Waals surface area contributed by atoms with Crippen molar-refractivity contribution in [3.8, 4) is 17.6 Å². The van der Waals surface area contributed by atoms with Crippen molar-refractivity contribution >= 4 is 11.6 Å². The molecule has 0 atom stereocenters. The van der Waals surface area contributed by atoms with Gasteiger partial charge in [0.25, 0.3) is 0 Å². The smallest absolute Gasteiger partial charge is 0.246 e. The van der Waals surface area contributed by atoms with Crippen LogP contribution < -0.4 is 10.1 Å². The lowest BCUT2D eigenvalue weighted by Crippen LogP contribution is -2.19. The van der Waals surface area contributed by atoms with Crippen LogP contribution in [0.4, 0.5) is 5.69 Å². The van der Waals surface area contributed by atoms with E-state index in [4.69, 9.17) is 9.84 Å². The number of carbonyl (C=O) groups excluding carboxylic acids is 1. The molecule has 0 bridgehead atoms. The molecule has 0 aliphatic rings. The Morgan fingerprint density at radius 1 is 1.52 bits per heavy atom. The fraction of sp³-hybridized carbons (Fsp3) is 0.214. The fourth-order valence-corrected chi connectivity index (χ4v) is 1.68. The third-order valence-electron chi connectivity index (χ3n) is 2.56. The quantitative estimate of drug-likeness (QED) is 0.787. The molecule has 1 aromatic heterocycles. The lowest BCUT2D eigenvalue weighted by Gasteiger charge is -2.10. The van der Waals surface area contributed by atoms with E-state index in [9.17, 15) is 4.79 Å². The highest BCUT2D eigenvalue weighted by Gasteiger charge is 2.09. The molecule has 0 unspecified atom stereocenters. The average molecular weight is 286 g/mol. The summed E-state index contributed by atoms with van der Waals surface area (Å²) in [4.78, 5) is 11.9. The van der Waals surface area contributed by atoms with Crippen LogP contribution in [-0.4, -0.2) is 39.7 Å². The summed E-state index contributed by atoms with van der Waals surface area (Å²) >= 11 is 0. The lowest BCUT2D eigenvalue weighted by molar-refractivity contribution is -0.116. The van der Waals surface area contributed by atoms with Gasteiger partial charge >= 0.3 is 0 Å². The van der Waals surface area contributed by atoms with Crippen molar-refractivity contribution in [1.82, 2.24) is 15.0 Å². The first-order valence-corrected chi connectivity index (χ1v) is 6.14. The number of nitrogens with one attached hydrogen (secondary N) is 1. The molecule has 2 N–H and O–H groups in total. The number of nitrogens with zero attached hydrogens (tertiary/aromatic N) is 3. The third-order valence-corrected chi connectivity index (χ3v) is 2.56. The van der Waals surface area contributed by atoms with Gasteiger partial charge in [0.15, 0.2) is 0 Å². The maximum absolute atomic E-state index is 11.9. The molecule has 2 rings (SSSR count). The van der Waals surface area contributed by atoms with E-state index in [0.29, 0.717) is 17.0 Å². The molecule has 1 amide bonds. The summed E-state index contributed by atoms with van der Waals surface area (Å²) in [5, 5.41) is 18.8. The summed E-state index contributed by atoms with van der Waals surface area (Å²) in [5.41, 5.74) is 1.17. The zero-order valence-corrected chi connectivity index (χ0v) is 11.4. The van der Waals surface area contributed by atoms with Crippen molar-refractivity contribution < 1.29 is 14.6 Å². The average Bonchev–Trinajstić information content (AvgIpc) is 2.98. The highest BCUT2D eigenvalue weighted by molar-refractivity contribution is 5.92. The van der Waals surface area contributed by atoms with E-state index in [1.807, 2.05) is 0 Å². The largest absolute Gasteiger partial charge is 0.495 e. The molecule has 0 saturated carbocycles. The summed E-state index contributed by atoms with van der Waals surface area (Å²) in [5.74, 6) is 5.59. The van der Waals surface area contributed by atoms with Gasteiger partial charge in [-0.1, -0.05) is 17.1 Å². The van der Waals surface area contributed by atoms with Gasteiger partial charge in [-0.05, 0) is 18.2 Å². The summed E-state index contributed by atoms with van der Waals surface area (Å²) < 4.78 is 6.61. The highest BCUT2D eigenvalue weighted by Crippen LogP contribution is 2.25. The number of methoxy groups -OCH3 is 1. The first-order valence-electron chi connectivity index (χ1n) is 6.14. The van der Waals surface area contributed by atoms with Crippen LogP contribution >= 0.6 is 0 Å². The summed E-state index contributed by atoms with van der Waals surface area (Å²) in [6.45, 7) is -0.171. The zero-order chi connectivity index (χ0) is 15.1. The number of aromatic nitrogens is 3. The SMILES string of the molecule is COc1ccc(C#CCO)cc1NC(=O)Cn1ccnn1. The number of amides is 1. The Morgan fingerprint density at radius 2 is 2.38 bits per heavy atom. The molecule has 0 radical (unpaired) electrons. The number of hydrogen-bond donors (Lipinski definition) is 2.